The fourth-order valence-electron chi connectivity index (χ4n) is 2.10. The van der Waals surface area contributed by atoms with Crippen molar-refractivity contribution in [2.75, 3.05) is 6.54 Å². The van der Waals surface area contributed by atoms with Gasteiger partial charge in [0.05, 0.1) is 6.10 Å². The summed E-state index contributed by atoms with van der Waals surface area (Å²) in [6.45, 7) is 1.67. The van der Waals surface area contributed by atoms with Crippen LogP contribution in [-0.2, 0) is 0 Å². The number of aliphatic hydroxyl groups is 1. The second kappa shape index (κ2) is 6.74. The maximum atomic E-state index is 13.6. The lowest BCUT2D eigenvalue weighted by Gasteiger charge is -2.18. The molecule has 5 heteroatoms. The first-order valence-electron chi connectivity index (χ1n) is 6.60. The van der Waals surface area contributed by atoms with Crippen molar-refractivity contribution in [2.45, 2.75) is 19.1 Å². The van der Waals surface area contributed by atoms with E-state index in [9.17, 15) is 18.3 Å². The molecule has 2 nitrogen and oxygen atoms in total. The van der Waals surface area contributed by atoms with Crippen LogP contribution in [0.4, 0.5) is 13.2 Å². The molecule has 0 bridgehead atoms. The van der Waals surface area contributed by atoms with E-state index >= 15 is 0 Å². The molecule has 2 rings (SSSR count). The van der Waals surface area contributed by atoms with Gasteiger partial charge in [-0.05, 0) is 31.2 Å². The molecule has 0 aliphatic carbocycles. The summed E-state index contributed by atoms with van der Waals surface area (Å²) >= 11 is 0. The molecule has 2 unspecified atom stereocenters. The fraction of sp³-hybridized carbons (Fsp3) is 0.250. The van der Waals surface area contributed by atoms with Gasteiger partial charge in [0.2, 0.25) is 0 Å². The quantitative estimate of drug-likeness (QED) is 0.885. The average molecular weight is 295 g/mol. The lowest BCUT2D eigenvalue weighted by atomic mass is 10.1. The van der Waals surface area contributed by atoms with Gasteiger partial charge in [-0.2, -0.15) is 0 Å². The average Bonchev–Trinajstić information content (AvgIpc) is 2.47. The molecule has 2 aromatic rings. The van der Waals surface area contributed by atoms with E-state index in [-0.39, 0.29) is 17.7 Å². The zero-order valence-corrected chi connectivity index (χ0v) is 11.5. The summed E-state index contributed by atoms with van der Waals surface area (Å²) in [6.07, 6.45) is -1.06. The Hall–Kier alpha value is -1.85. The Balaban J connectivity index is 2.02. The second-order valence-electron chi connectivity index (χ2n) is 4.83. The molecular weight excluding hydrogens is 279 g/mol. The summed E-state index contributed by atoms with van der Waals surface area (Å²) in [7, 11) is 0. The standard InChI is InChI=1S/C16H16F3NO/c1-10(13-8-11(17)6-7-15(13)19)20-9-16(21)12-4-2-3-5-14(12)18/h2-8,10,16,20-21H,9H2,1H3. The zero-order valence-electron chi connectivity index (χ0n) is 11.5. The molecule has 2 N–H and O–H groups in total. The van der Waals surface area contributed by atoms with E-state index in [0.717, 1.165) is 18.2 Å². The monoisotopic (exact) mass is 295 g/mol. The van der Waals surface area contributed by atoms with Gasteiger partial charge in [-0.25, -0.2) is 13.2 Å². The lowest BCUT2D eigenvalue weighted by molar-refractivity contribution is 0.166. The van der Waals surface area contributed by atoms with Crippen molar-refractivity contribution in [2.24, 2.45) is 0 Å². The highest BCUT2D eigenvalue weighted by molar-refractivity contribution is 5.23. The normalized spacial score (nSPS) is 14.0. The van der Waals surface area contributed by atoms with Crippen molar-refractivity contribution < 1.29 is 18.3 Å². The minimum atomic E-state index is -1.06. The van der Waals surface area contributed by atoms with Crippen molar-refractivity contribution >= 4 is 0 Å². The van der Waals surface area contributed by atoms with Gasteiger partial charge >= 0.3 is 0 Å². The van der Waals surface area contributed by atoms with Crippen molar-refractivity contribution in [1.29, 1.82) is 0 Å². The minimum Gasteiger partial charge on any atom is -0.387 e. The molecule has 0 aliphatic heterocycles. The van der Waals surface area contributed by atoms with Gasteiger partial charge < -0.3 is 10.4 Å². The van der Waals surface area contributed by atoms with Crippen molar-refractivity contribution in [3.05, 3.63) is 71.0 Å². The maximum Gasteiger partial charge on any atom is 0.129 e. The number of nitrogens with one attached hydrogen (secondary N) is 1. The Morgan fingerprint density at radius 1 is 1.00 bits per heavy atom. The molecule has 0 saturated carbocycles. The third-order valence-electron chi connectivity index (χ3n) is 3.31. The predicted octanol–water partition coefficient (Wildman–Crippen LogP) is 3.49. The number of rotatable bonds is 5. The highest BCUT2D eigenvalue weighted by Gasteiger charge is 2.16. The Bertz CT molecular complexity index is 618. The van der Waals surface area contributed by atoms with E-state index in [1.54, 1.807) is 13.0 Å². The van der Waals surface area contributed by atoms with E-state index in [4.69, 9.17) is 0 Å². The molecule has 112 valence electrons. The minimum absolute atomic E-state index is 0.0258. The molecule has 0 radical (unpaired) electrons. The number of hydrogen-bond acceptors (Lipinski definition) is 2. The van der Waals surface area contributed by atoms with E-state index in [1.165, 1.54) is 18.2 Å². The predicted molar refractivity (Wildman–Crippen MR) is 74.1 cm³/mol. The lowest BCUT2D eigenvalue weighted by Crippen LogP contribution is -2.25. The third-order valence-corrected chi connectivity index (χ3v) is 3.31. The van der Waals surface area contributed by atoms with Crippen LogP contribution in [0.3, 0.4) is 0 Å². The van der Waals surface area contributed by atoms with Gasteiger partial charge in [0.1, 0.15) is 17.5 Å². The van der Waals surface area contributed by atoms with Gasteiger partial charge in [0, 0.05) is 23.7 Å². The topological polar surface area (TPSA) is 32.3 Å². The first kappa shape index (κ1) is 15.5. The van der Waals surface area contributed by atoms with Crippen molar-refractivity contribution in [3.63, 3.8) is 0 Å². The van der Waals surface area contributed by atoms with Gasteiger partial charge in [-0.1, -0.05) is 18.2 Å². The summed E-state index contributed by atoms with van der Waals surface area (Å²) in [4.78, 5) is 0. The summed E-state index contributed by atoms with van der Waals surface area (Å²) < 4.78 is 40.2. The summed E-state index contributed by atoms with van der Waals surface area (Å²) in [5.41, 5.74) is 0.327. The van der Waals surface area contributed by atoms with E-state index in [2.05, 4.69) is 5.32 Å². The van der Waals surface area contributed by atoms with Crippen molar-refractivity contribution in [1.82, 2.24) is 5.32 Å². The Kier molecular flexibility index (Phi) is 4.98. The van der Waals surface area contributed by atoms with Crippen LogP contribution >= 0.6 is 0 Å². The first-order chi connectivity index (χ1) is 9.99. The molecule has 0 aromatic heterocycles. The van der Waals surface area contributed by atoms with Gasteiger partial charge in [-0.15, -0.1) is 0 Å². The number of hydrogen-bond donors (Lipinski definition) is 2. The molecule has 2 atom stereocenters. The van der Waals surface area contributed by atoms with Gasteiger partial charge in [-0.3, -0.25) is 0 Å². The zero-order chi connectivity index (χ0) is 15.4. The molecule has 0 amide bonds. The van der Waals surface area contributed by atoms with Crippen molar-refractivity contribution in [3.8, 4) is 0 Å². The van der Waals surface area contributed by atoms with E-state index < -0.39 is 29.6 Å². The Morgan fingerprint density at radius 2 is 1.67 bits per heavy atom. The number of aliphatic hydroxyl groups excluding tert-OH is 1. The molecule has 0 saturated heterocycles. The molecule has 21 heavy (non-hydrogen) atoms. The molecule has 2 aromatic carbocycles. The third kappa shape index (κ3) is 3.83. The second-order valence-corrected chi connectivity index (χ2v) is 4.83. The Morgan fingerprint density at radius 3 is 2.38 bits per heavy atom. The van der Waals surface area contributed by atoms with Crippen LogP contribution in [0.15, 0.2) is 42.5 Å². The van der Waals surface area contributed by atoms with Crippen LogP contribution in [0.2, 0.25) is 0 Å². The summed E-state index contributed by atoms with van der Waals surface area (Å²) in [5.74, 6) is -1.57. The highest BCUT2D eigenvalue weighted by Crippen LogP contribution is 2.20. The fourth-order valence-corrected chi connectivity index (χ4v) is 2.10. The molecule has 0 spiro atoms. The smallest absolute Gasteiger partial charge is 0.129 e. The van der Waals surface area contributed by atoms with Crippen LogP contribution in [0.5, 0.6) is 0 Å². The first-order valence-corrected chi connectivity index (χ1v) is 6.60. The van der Waals surface area contributed by atoms with Crippen LogP contribution in [0.25, 0.3) is 0 Å². The molecule has 0 fully saturated rings. The Labute approximate surface area is 121 Å². The molecule has 0 aliphatic rings. The SMILES string of the molecule is CC(NCC(O)c1ccccc1F)c1cc(F)ccc1F. The molecule has 0 heterocycles. The van der Waals surface area contributed by atoms with Crippen LogP contribution in [0.1, 0.15) is 30.2 Å². The summed E-state index contributed by atoms with van der Waals surface area (Å²) in [5, 5.41) is 12.8. The number of halogens is 3. The van der Waals surface area contributed by atoms with Crippen LogP contribution in [-0.4, -0.2) is 11.7 Å². The van der Waals surface area contributed by atoms with Crippen LogP contribution < -0.4 is 5.32 Å². The maximum absolute atomic E-state index is 13.6. The molecular formula is C16H16F3NO. The number of benzene rings is 2. The van der Waals surface area contributed by atoms with E-state index in [1.807, 2.05) is 0 Å². The largest absolute Gasteiger partial charge is 0.387 e. The highest BCUT2D eigenvalue weighted by atomic mass is 19.1. The summed E-state index contributed by atoms with van der Waals surface area (Å²) in [6, 6.07) is 8.57. The van der Waals surface area contributed by atoms with Gasteiger partial charge in [0.25, 0.3) is 0 Å². The van der Waals surface area contributed by atoms with E-state index in [0.29, 0.717) is 0 Å². The van der Waals surface area contributed by atoms with Gasteiger partial charge in [0.15, 0.2) is 0 Å². The van der Waals surface area contributed by atoms with Crippen LogP contribution in [0, 0.1) is 17.5 Å².